The van der Waals surface area contributed by atoms with Gasteiger partial charge in [-0.15, -0.1) is 0 Å². The molecular weight excluding hydrogens is 536 g/mol. The van der Waals surface area contributed by atoms with Gasteiger partial charge in [0.15, 0.2) is 0 Å². The van der Waals surface area contributed by atoms with Gasteiger partial charge in [0.25, 0.3) is 11.8 Å². The van der Waals surface area contributed by atoms with E-state index in [2.05, 4.69) is 16.0 Å². The lowest BCUT2D eigenvalue weighted by Gasteiger charge is -2.27. The van der Waals surface area contributed by atoms with Crippen LogP contribution >= 0.6 is 0 Å². The summed E-state index contributed by atoms with van der Waals surface area (Å²) in [5, 5.41) is 7.90. The molecule has 2 aliphatic heterocycles. The van der Waals surface area contributed by atoms with Gasteiger partial charge in [-0.2, -0.15) is 0 Å². The molecule has 1 unspecified atom stereocenters. The quantitative estimate of drug-likeness (QED) is 0.150. The Bertz CT molecular complexity index is 1060. The average molecular weight is 577 g/mol. The Morgan fingerprint density at radius 2 is 1.54 bits per heavy atom. The second kappa shape index (κ2) is 17.6. The van der Waals surface area contributed by atoms with E-state index in [4.69, 9.17) is 18.9 Å². The van der Waals surface area contributed by atoms with E-state index in [0.717, 1.165) is 24.3 Å². The number of anilines is 1. The molecule has 0 radical (unpaired) electrons. The summed E-state index contributed by atoms with van der Waals surface area (Å²) in [5.41, 5.74) is 0.413. The molecule has 3 rings (SSSR count). The van der Waals surface area contributed by atoms with Crippen molar-refractivity contribution in [2.24, 2.45) is 0 Å². The van der Waals surface area contributed by atoms with Gasteiger partial charge in [-0.1, -0.05) is 12.5 Å². The van der Waals surface area contributed by atoms with Crippen LogP contribution in [0.25, 0.3) is 0 Å². The Hall–Kier alpha value is -3.23. The van der Waals surface area contributed by atoms with Crippen molar-refractivity contribution in [1.29, 1.82) is 0 Å². The van der Waals surface area contributed by atoms with Crippen LogP contribution in [0.3, 0.4) is 0 Å². The monoisotopic (exact) mass is 576 g/mol. The van der Waals surface area contributed by atoms with Crippen molar-refractivity contribution in [2.75, 3.05) is 71.8 Å². The van der Waals surface area contributed by atoms with Crippen molar-refractivity contribution >= 4 is 35.2 Å². The van der Waals surface area contributed by atoms with Gasteiger partial charge in [0.1, 0.15) is 6.04 Å². The smallest absolute Gasteiger partial charge is 0.264 e. The number of benzene rings is 1. The van der Waals surface area contributed by atoms with Crippen molar-refractivity contribution in [3.05, 3.63) is 29.3 Å². The van der Waals surface area contributed by atoms with E-state index in [1.54, 1.807) is 12.1 Å². The first-order valence-electron chi connectivity index (χ1n) is 14.0. The molecule has 1 atom stereocenters. The van der Waals surface area contributed by atoms with Crippen LogP contribution < -0.4 is 16.0 Å². The second-order valence-corrected chi connectivity index (χ2v) is 9.59. The molecule has 0 saturated carbocycles. The number of carbonyl (C=O) groups is 5. The molecule has 0 spiro atoms. The highest BCUT2D eigenvalue weighted by Crippen LogP contribution is 2.32. The third-order valence-corrected chi connectivity index (χ3v) is 6.55. The molecule has 2 heterocycles. The van der Waals surface area contributed by atoms with Crippen LogP contribution in [-0.4, -0.2) is 107 Å². The highest BCUT2D eigenvalue weighted by Gasteiger charge is 2.45. The number of unbranched alkanes of at least 4 members (excludes halogenated alkanes) is 2. The Morgan fingerprint density at radius 3 is 2.20 bits per heavy atom. The largest absolute Gasteiger partial charge is 0.379 e. The number of piperidine rings is 1. The van der Waals surface area contributed by atoms with E-state index in [1.807, 2.05) is 7.05 Å². The Labute approximate surface area is 239 Å². The van der Waals surface area contributed by atoms with Gasteiger partial charge in [0.2, 0.25) is 17.7 Å². The highest BCUT2D eigenvalue weighted by atomic mass is 16.6. The number of fused-ring (bicyclic) bond motifs is 1. The molecule has 1 fully saturated rings. The summed E-state index contributed by atoms with van der Waals surface area (Å²) < 4.78 is 21.8. The molecule has 1 saturated heterocycles. The lowest BCUT2D eigenvalue weighted by molar-refractivity contribution is -0.136. The van der Waals surface area contributed by atoms with Gasteiger partial charge in [-0.25, -0.2) is 0 Å². The van der Waals surface area contributed by atoms with Crippen molar-refractivity contribution in [3.8, 4) is 0 Å². The number of hydrogen-bond acceptors (Lipinski definition) is 10. The maximum atomic E-state index is 13.1. The molecule has 5 amide bonds. The number of rotatable bonds is 20. The molecule has 41 heavy (non-hydrogen) atoms. The van der Waals surface area contributed by atoms with Crippen LogP contribution in [0.5, 0.6) is 0 Å². The zero-order valence-electron chi connectivity index (χ0n) is 23.5. The molecule has 0 bridgehead atoms. The summed E-state index contributed by atoms with van der Waals surface area (Å²) in [7, 11) is 1.88. The predicted octanol–water partition coefficient (Wildman–Crippen LogP) is 0.873. The zero-order chi connectivity index (χ0) is 29.5. The Morgan fingerprint density at radius 1 is 0.878 bits per heavy atom. The summed E-state index contributed by atoms with van der Waals surface area (Å²) >= 11 is 0. The molecule has 1 aromatic carbocycles. The minimum absolute atomic E-state index is 0.0378. The SMILES string of the molecule is CNCCOCCOCCOCCOCCCCCC(=O)Nc1cccc2c1C(=O)N(C1CCC(=O)NC1=O)C2=O. The van der Waals surface area contributed by atoms with E-state index < -0.39 is 29.7 Å². The molecule has 0 aromatic heterocycles. The van der Waals surface area contributed by atoms with E-state index in [9.17, 15) is 24.0 Å². The van der Waals surface area contributed by atoms with Crippen LogP contribution in [0.2, 0.25) is 0 Å². The van der Waals surface area contributed by atoms with Crippen LogP contribution in [0.1, 0.15) is 59.2 Å². The van der Waals surface area contributed by atoms with E-state index in [1.165, 1.54) is 6.07 Å². The summed E-state index contributed by atoms with van der Waals surface area (Å²) in [6.45, 7) is 5.10. The van der Waals surface area contributed by atoms with Gasteiger partial charge < -0.3 is 29.6 Å². The lowest BCUT2D eigenvalue weighted by atomic mass is 10.0. The fraction of sp³-hybridized carbons (Fsp3) is 0.607. The first-order chi connectivity index (χ1) is 19.9. The highest BCUT2D eigenvalue weighted by molar-refractivity contribution is 6.26. The molecule has 0 aliphatic carbocycles. The van der Waals surface area contributed by atoms with Crippen LogP contribution in [0.4, 0.5) is 5.69 Å². The van der Waals surface area contributed by atoms with Gasteiger partial charge >= 0.3 is 0 Å². The third-order valence-electron chi connectivity index (χ3n) is 6.55. The van der Waals surface area contributed by atoms with Crippen LogP contribution in [0, 0.1) is 0 Å². The average Bonchev–Trinajstić information content (AvgIpc) is 3.20. The minimum Gasteiger partial charge on any atom is -0.379 e. The van der Waals surface area contributed by atoms with Crippen molar-refractivity contribution in [1.82, 2.24) is 15.5 Å². The van der Waals surface area contributed by atoms with Gasteiger partial charge in [0.05, 0.1) is 63.1 Å². The third kappa shape index (κ3) is 9.97. The Balaban J connectivity index is 1.26. The standard InChI is InChI=1S/C28H40N4O9/c1-29-11-13-39-15-17-41-19-18-40-16-14-38-12-4-2-3-8-23(33)30-21-7-5-6-20-25(21)28(37)32(27(20)36)22-9-10-24(34)31-26(22)35/h5-7,22,29H,2-4,8-19H2,1H3,(H,30,33)(H,31,34,35). The Kier molecular flexibility index (Phi) is 13.8. The number of nitrogens with one attached hydrogen (secondary N) is 3. The number of amides is 5. The van der Waals surface area contributed by atoms with Crippen LogP contribution in [0.15, 0.2) is 18.2 Å². The zero-order valence-corrected chi connectivity index (χ0v) is 23.5. The van der Waals surface area contributed by atoms with Gasteiger partial charge in [-0.3, -0.25) is 34.2 Å². The molecule has 226 valence electrons. The van der Waals surface area contributed by atoms with Gasteiger partial charge in [-0.05, 0) is 38.4 Å². The van der Waals surface area contributed by atoms with Crippen molar-refractivity contribution in [2.45, 2.75) is 44.6 Å². The molecule has 13 heteroatoms. The molecule has 13 nitrogen and oxygen atoms in total. The number of imide groups is 2. The molecular formula is C28H40N4O9. The summed E-state index contributed by atoms with van der Waals surface area (Å²) in [6.07, 6.45) is 2.55. The normalized spacial score (nSPS) is 16.7. The topological polar surface area (TPSA) is 162 Å². The number of carbonyl (C=O) groups excluding carboxylic acids is 5. The first-order valence-corrected chi connectivity index (χ1v) is 14.0. The maximum absolute atomic E-state index is 13.1. The second-order valence-electron chi connectivity index (χ2n) is 9.59. The fourth-order valence-corrected chi connectivity index (χ4v) is 4.43. The van der Waals surface area contributed by atoms with E-state index in [0.29, 0.717) is 59.3 Å². The molecule has 3 N–H and O–H groups in total. The summed E-state index contributed by atoms with van der Waals surface area (Å²) in [6, 6.07) is 3.55. The summed E-state index contributed by atoms with van der Waals surface area (Å²) in [4.78, 5) is 63.2. The van der Waals surface area contributed by atoms with E-state index >= 15 is 0 Å². The fourth-order valence-electron chi connectivity index (χ4n) is 4.43. The minimum atomic E-state index is -1.06. The van der Waals surface area contributed by atoms with Crippen molar-refractivity contribution in [3.63, 3.8) is 0 Å². The van der Waals surface area contributed by atoms with Crippen molar-refractivity contribution < 1.29 is 42.9 Å². The maximum Gasteiger partial charge on any atom is 0.264 e. The number of nitrogens with zero attached hydrogens (tertiary/aromatic N) is 1. The van der Waals surface area contributed by atoms with Crippen LogP contribution in [-0.2, 0) is 33.3 Å². The molecule has 2 aliphatic rings. The molecule has 1 aromatic rings. The summed E-state index contributed by atoms with van der Waals surface area (Å²) in [5.74, 6) is -2.67. The number of likely N-dealkylation sites (N-methyl/N-ethyl adjacent to an activating group) is 1. The van der Waals surface area contributed by atoms with E-state index in [-0.39, 0.29) is 42.0 Å². The first kappa shape index (κ1) is 32.3. The lowest BCUT2D eigenvalue weighted by Crippen LogP contribution is -2.54. The number of ether oxygens (including phenoxy) is 4. The predicted molar refractivity (Wildman–Crippen MR) is 147 cm³/mol. The number of hydrogen-bond donors (Lipinski definition) is 3. The van der Waals surface area contributed by atoms with Gasteiger partial charge in [0, 0.05) is 26.0 Å².